The second kappa shape index (κ2) is 3.33. The average Bonchev–Trinajstić information content (AvgIpc) is 2.32. The molecule has 0 saturated carbocycles. The van der Waals surface area contributed by atoms with Gasteiger partial charge in [-0.3, -0.25) is 9.59 Å². The molecule has 3 aliphatic rings. The molecule has 1 N–H and O–H groups in total. The van der Waals surface area contributed by atoms with Crippen LogP contribution in [0.4, 0.5) is 0 Å². The van der Waals surface area contributed by atoms with Gasteiger partial charge < -0.3 is 10.2 Å². The van der Waals surface area contributed by atoms with Crippen LogP contribution in [0.5, 0.6) is 0 Å². The Morgan fingerprint density at radius 2 is 2.25 bits per heavy atom. The topological polar surface area (TPSA) is 49.4 Å². The van der Waals surface area contributed by atoms with E-state index in [9.17, 15) is 9.59 Å². The fourth-order valence-electron chi connectivity index (χ4n) is 2.36. The minimum Gasteiger partial charge on any atom is -0.342 e. The maximum Gasteiger partial charge on any atom is 0.268 e. The molecule has 3 rings (SSSR count). The van der Waals surface area contributed by atoms with E-state index >= 15 is 0 Å². The number of carbonyl (C=O) groups excluding carboxylic acids is 2. The van der Waals surface area contributed by atoms with Gasteiger partial charge in [0.15, 0.2) is 0 Å². The third-order valence-electron chi connectivity index (χ3n) is 3.25. The summed E-state index contributed by atoms with van der Waals surface area (Å²) in [7, 11) is 0. The molecule has 1 fully saturated rings. The number of fused-ring (bicyclic) bond motifs is 2. The van der Waals surface area contributed by atoms with Crippen molar-refractivity contribution in [3.8, 4) is 0 Å². The fraction of sp³-hybridized carbons (Fsp3) is 0.333. The lowest BCUT2D eigenvalue weighted by molar-refractivity contribution is -0.137. The van der Waals surface area contributed by atoms with Gasteiger partial charge in [0.2, 0.25) is 5.91 Å². The number of hydrogen-bond donors (Lipinski definition) is 1. The third-order valence-corrected chi connectivity index (χ3v) is 3.25. The molecule has 4 heteroatoms. The molecule has 1 aliphatic carbocycles. The van der Waals surface area contributed by atoms with Crippen LogP contribution in [-0.2, 0) is 9.59 Å². The molecular weight excluding hydrogens is 204 g/mol. The quantitative estimate of drug-likeness (QED) is 0.635. The van der Waals surface area contributed by atoms with Crippen LogP contribution in [0.25, 0.3) is 0 Å². The first-order chi connectivity index (χ1) is 7.75. The van der Waals surface area contributed by atoms with Gasteiger partial charge in [-0.05, 0) is 18.1 Å². The minimum atomic E-state index is -0.145. The van der Waals surface area contributed by atoms with Crippen LogP contribution in [0.1, 0.15) is 6.42 Å². The van der Waals surface area contributed by atoms with Crippen molar-refractivity contribution in [2.24, 2.45) is 5.92 Å². The summed E-state index contributed by atoms with van der Waals surface area (Å²) < 4.78 is 0. The largest absolute Gasteiger partial charge is 0.342 e. The SMILES string of the molecule is O=C1NCC(=O)N2CC3CC=CC=C3C=C12. The normalized spacial score (nSPS) is 27.8. The van der Waals surface area contributed by atoms with E-state index in [1.807, 2.05) is 18.2 Å². The van der Waals surface area contributed by atoms with E-state index in [0.717, 1.165) is 12.0 Å². The van der Waals surface area contributed by atoms with E-state index < -0.39 is 0 Å². The summed E-state index contributed by atoms with van der Waals surface area (Å²) in [4.78, 5) is 24.9. The Labute approximate surface area is 93.3 Å². The molecule has 0 spiro atoms. The van der Waals surface area contributed by atoms with Crippen LogP contribution < -0.4 is 5.32 Å². The Morgan fingerprint density at radius 1 is 1.38 bits per heavy atom. The molecule has 2 amide bonds. The first-order valence-corrected chi connectivity index (χ1v) is 5.42. The number of nitrogens with one attached hydrogen (secondary N) is 1. The van der Waals surface area contributed by atoms with Gasteiger partial charge >= 0.3 is 0 Å². The predicted molar refractivity (Wildman–Crippen MR) is 58.1 cm³/mol. The standard InChI is InChI=1S/C12H12N2O2/c15-11-6-13-12(16)10-5-8-3-1-2-4-9(8)7-14(10)11/h1-3,5,9H,4,6-7H2,(H,13,16). The van der Waals surface area contributed by atoms with Gasteiger partial charge in [0, 0.05) is 12.5 Å². The highest BCUT2D eigenvalue weighted by molar-refractivity contribution is 6.03. The number of hydrogen-bond acceptors (Lipinski definition) is 2. The first-order valence-electron chi connectivity index (χ1n) is 5.42. The van der Waals surface area contributed by atoms with Gasteiger partial charge in [-0.25, -0.2) is 0 Å². The van der Waals surface area contributed by atoms with E-state index in [-0.39, 0.29) is 18.4 Å². The molecule has 1 unspecified atom stereocenters. The summed E-state index contributed by atoms with van der Waals surface area (Å²) in [6.07, 6.45) is 8.90. The summed E-state index contributed by atoms with van der Waals surface area (Å²) in [5.41, 5.74) is 1.65. The fourth-order valence-corrected chi connectivity index (χ4v) is 2.36. The van der Waals surface area contributed by atoms with E-state index in [1.54, 1.807) is 4.90 Å². The average molecular weight is 216 g/mol. The van der Waals surface area contributed by atoms with Crippen molar-refractivity contribution in [3.63, 3.8) is 0 Å². The molecular formula is C12H12N2O2. The van der Waals surface area contributed by atoms with Crippen LogP contribution in [-0.4, -0.2) is 29.8 Å². The second-order valence-electron chi connectivity index (χ2n) is 4.24. The number of nitrogens with zero attached hydrogens (tertiary/aromatic N) is 1. The number of rotatable bonds is 0. The van der Waals surface area contributed by atoms with Crippen molar-refractivity contribution in [3.05, 3.63) is 35.6 Å². The van der Waals surface area contributed by atoms with Gasteiger partial charge in [0.25, 0.3) is 5.91 Å². The lowest BCUT2D eigenvalue weighted by Crippen LogP contribution is -2.52. The molecule has 16 heavy (non-hydrogen) atoms. The highest BCUT2D eigenvalue weighted by Crippen LogP contribution is 2.30. The molecule has 82 valence electrons. The first kappa shape index (κ1) is 9.39. The van der Waals surface area contributed by atoms with Crippen molar-refractivity contribution in [1.82, 2.24) is 10.2 Å². The van der Waals surface area contributed by atoms with Gasteiger partial charge in [-0.1, -0.05) is 18.2 Å². The van der Waals surface area contributed by atoms with Gasteiger partial charge in [-0.2, -0.15) is 0 Å². The van der Waals surface area contributed by atoms with Crippen LogP contribution in [0, 0.1) is 5.92 Å². The maximum absolute atomic E-state index is 11.7. The summed E-state index contributed by atoms with van der Waals surface area (Å²) in [5, 5.41) is 2.58. The summed E-state index contributed by atoms with van der Waals surface area (Å²) in [6.45, 7) is 0.756. The van der Waals surface area contributed by atoms with E-state index in [2.05, 4.69) is 11.4 Å². The third kappa shape index (κ3) is 1.30. The predicted octanol–water partition coefficient (Wildman–Crippen LogP) is 0.345. The molecule has 0 bridgehead atoms. The summed E-state index contributed by atoms with van der Waals surface area (Å²) >= 11 is 0. The number of allylic oxidation sites excluding steroid dienone is 4. The number of carbonyl (C=O) groups is 2. The van der Waals surface area contributed by atoms with E-state index in [1.165, 1.54) is 0 Å². The van der Waals surface area contributed by atoms with Gasteiger partial charge in [0.1, 0.15) is 5.70 Å². The molecule has 0 aromatic rings. The van der Waals surface area contributed by atoms with Crippen molar-refractivity contribution < 1.29 is 9.59 Å². The number of piperazine rings is 1. The Kier molecular flexibility index (Phi) is 1.96. The van der Waals surface area contributed by atoms with Gasteiger partial charge in [-0.15, -0.1) is 0 Å². The van der Waals surface area contributed by atoms with Gasteiger partial charge in [0.05, 0.1) is 6.54 Å². The molecule has 2 aliphatic heterocycles. The molecule has 1 saturated heterocycles. The zero-order valence-corrected chi connectivity index (χ0v) is 8.77. The Bertz CT molecular complexity index is 460. The highest BCUT2D eigenvalue weighted by Gasteiger charge is 2.35. The Morgan fingerprint density at radius 3 is 3.12 bits per heavy atom. The van der Waals surface area contributed by atoms with Crippen molar-refractivity contribution in [2.75, 3.05) is 13.1 Å². The molecule has 0 aromatic heterocycles. The summed E-state index contributed by atoms with van der Waals surface area (Å²) in [6, 6.07) is 0. The zero-order valence-electron chi connectivity index (χ0n) is 8.77. The maximum atomic E-state index is 11.7. The van der Waals surface area contributed by atoms with Crippen LogP contribution >= 0.6 is 0 Å². The van der Waals surface area contributed by atoms with Crippen LogP contribution in [0.15, 0.2) is 35.6 Å². The van der Waals surface area contributed by atoms with Crippen molar-refractivity contribution >= 4 is 11.8 Å². The molecule has 4 nitrogen and oxygen atoms in total. The highest BCUT2D eigenvalue weighted by atomic mass is 16.2. The van der Waals surface area contributed by atoms with Crippen molar-refractivity contribution in [2.45, 2.75) is 6.42 Å². The van der Waals surface area contributed by atoms with Crippen LogP contribution in [0.2, 0.25) is 0 Å². The summed E-state index contributed by atoms with van der Waals surface area (Å²) in [5.74, 6) is 0.191. The number of amides is 2. The smallest absolute Gasteiger partial charge is 0.268 e. The molecule has 1 atom stereocenters. The lowest BCUT2D eigenvalue weighted by Gasteiger charge is -2.37. The molecule has 0 radical (unpaired) electrons. The zero-order chi connectivity index (χ0) is 11.1. The Balaban J connectivity index is 2.03. The van der Waals surface area contributed by atoms with Crippen LogP contribution in [0.3, 0.4) is 0 Å². The van der Waals surface area contributed by atoms with E-state index in [4.69, 9.17) is 0 Å². The van der Waals surface area contributed by atoms with Crippen molar-refractivity contribution in [1.29, 1.82) is 0 Å². The van der Waals surface area contributed by atoms with E-state index in [0.29, 0.717) is 18.2 Å². The second-order valence-corrected chi connectivity index (χ2v) is 4.24. The minimum absolute atomic E-state index is 0.0144. The molecule has 0 aromatic carbocycles. The Hall–Kier alpha value is -1.84. The lowest BCUT2D eigenvalue weighted by atomic mass is 9.87. The monoisotopic (exact) mass is 216 g/mol. The molecule has 2 heterocycles.